The molecule has 0 unspecified atom stereocenters. The van der Waals surface area contributed by atoms with Crippen LogP contribution in [0.25, 0.3) is 5.73 Å². The second-order valence-electron chi connectivity index (χ2n) is 9.54. The van der Waals surface area contributed by atoms with Gasteiger partial charge in [0.1, 0.15) is 25.2 Å². The van der Waals surface area contributed by atoms with Gasteiger partial charge in [-0.25, -0.2) is 8.42 Å². The van der Waals surface area contributed by atoms with E-state index in [-0.39, 0.29) is 19.6 Å². The molecule has 1 amide bonds. The second-order valence-corrected chi connectivity index (χ2v) is 11.4. The molecule has 4 rings (SSSR count). The molecular formula is C26H30F3N6O5S-. The monoisotopic (exact) mass is 595 g/mol. The number of carbonyl (C=O) groups is 2. The Morgan fingerprint density at radius 2 is 1.61 bits per heavy atom. The number of carboxylic acids is 1. The Kier molecular flexibility index (Phi) is 10.2. The van der Waals surface area contributed by atoms with Gasteiger partial charge in [-0.15, -0.1) is 16.7 Å². The summed E-state index contributed by atoms with van der Waals surface area (Å²) in [5, 5.41) is 16.6. The summed E-state index contributed by atoms with van der Waals surface area (Å²) in [5.41, 5.74) is 8.54. The number of nitrogens with zero attached hydrogens (tertiary/aromatic N) is 5. The number of aliphatic carboxylic acids is 1. The summed E-state index contributed by atoms with van der Waals surface area (Å²) in [5.74, 6) is -1.34. The Bertz CT molecular complexity index is 1410. The normalized spacial score (nSPS) is 16.3. The highest BCUT2D eigenvalue weighted by molar-refractivity contribution is 7.89. The van der Waals surface area contributed by atoms with Crippen LogP contribution in [-0.4, -0.2) is 75.0 Å². The van der Waals surface area contributed by atoms with Crippen molar-refractivity contribution in [3.05, 3.63) is 83.6 Å². The van der Waals surface area contributed by atoms with Gasteiger partial charge in [-0.05, 0) is 35.7 Å². The van der Waals surface area contributed by atoms with Gasteiger partial charge in [0.2, 0.25) is 15.9 Å². The van der Waals surface area contributed by atoms with Crippen LogP contribution < -0.4 is 0 Å². The van der Waals surface area contributed by atoms with E-state index in [1.54, 1.807) is 0 Å². The molecule has 0 aliphatic carbocycles. The van der Waals surface area contributed by atoms with Crippen molar-refractivity contribution in [3.63, 3.8) is 0 Å². The quantitative estimate of drug-likeness (QED) is 0.438. The number of carbonyl (C=O) groups excluding carboxylic acids is 1. The van der Waals surface area contributed by atoms with Crippen molar-refractivity contribution < 1.29 is 36.3 Å². The molecule has 1 aromatic heterocycles. The first-order chi connectivity index (χ1) is 19.2. The molecule has 222 valence electrons. The van der Waals surface area contributed by atoms with E-state index in [0.717, 1.165) is 17.7 Å². The van der Waals surface area contributed by atoms with Gasteiger partial charge in [-0.2, -0.15) is 17.5 Å². The van der Waals surface area contributed by atoms with Gasteiger partial charge in [0.05, 0.1) is 10.5 Å². The number of aromatic nitrogens is 3. The fourth-order valence-corrected chi connectivity index (χ4v) is 5.58. The van der Waals surface area contributed by atoms with Crippen LogP contribution in [0.1, 0.15) is 36.5 Å². The first kappa shape index (κ1) is 31.7. The van der Waals surface area contributed by atoms with Crippen LogP contribution in [0, 0.1) is 0 Å². The average molecular weight is 596 g/mol. The number of piperazine rings is 1. The van der Waals surface area contributed by atoms with Crippen molar-refractivity contribution in [2.75, 3.05) is 19.6 Å². The molecule has 2 aromatic carbocycles. The Balaban J connectivity index is 0.000000352. The number of nitrogens with one attached hydrogen (secondary N) is 1. The van der Waals surface area contributed by atoms with Crippen LogP contribution in [0.15, 0.2) is 66.1 Å². The number of hydrogen-bond donors (Lipinski definition) is 1. The van der Waals surface area contributed by atoms with Crippen molar-refractivity contribution in [2.24, 2.45) is 0 Å². The standard InChI is InChI=1S/C16H16F3N5O5S.C10H14N/c17-16(18,19)11-1-3-12(4-2-11)30(28,29)24-6-5-23(7-13(24)15(26)27)14(25)8-22-9-20-21-10-22;1-8(2)10-5-3-9(7-11)4-6-10/h1-4,9-10,13H,5-8H2,(H,26,27);3-6,8,11H,7H2,1-2H3/q;-1/t13-;/m1./s1. The molecule has 2 N–H and O–H groups in total. The van der Waals surface area contributed by atoms with E-state index in [1.807, 2.05) is 12.1 Å². The number of hydrogen-bond acceptors (Lipinski definition) is 6. The zero-order chi connectivity index (χ0) is 30.4. The van der Waals surface area contributed by atoms with E-state index >= 15 is 0 Å². The summed E-state index contributed by atoms with van der Waals surface area (Å²) >= 11 is 0. The molecule has 1 atom stereocenters. The maximum atomic E-state index is 12.9. The number of halogens is 3. The van der Waals surface area contributed by atoms with Gasteiger partial charge in [0.15, 0.2) is 0 Å². The second kappa shape index (κ2) is 13.2. The highest BCUT2D eigenvalue weighted by Gasteiger charge is 2.41. The maximum absolute atomic E-state index is 12.9. The summed E-state index contributed by atoms with van der Waals surface area (Å²) in [6.07, 6.45) is -2.03. The first-order valence-electron chi connectivity index (χ1n) is 12.5. The van der Waals surface area contributed by atoms with Crippen LogP contribution in [0.4, 0.5) is 13.2 Å². The summed E-state index contributed by atoms with van der Waals surface area (Å²) < 4.78 is 65.9. The lowest BCUT2D eigenvalue weighted by molar-refractivity contribution is -0.146. The van der Waals surface area contributed by atoms with E-state index in [1.165, 1.54) is 27.7 Å². The summed E-state index contributed by atoms with van der Waals surface area (Å²) in [6, 6.07) is 9.47. The van der Waals surface area contributed by atoms with Crippen molar-refractivity contribution in [1.82, 2.24) is 24.0 Å². The summed E-state index contributed by atoms with van der Waals surface area (Å²) in [6.45, 7) is 3.78. The third-order valence-electron chi connectivity index (χ3n) is 6.39. The minimum atomic E-state index is -4.64. The molecule has 41 heavy (non-hydrogen) atoms. The van der Waals surface area contributed by atoms with Gasteiger partial charge in [-0.1, -0.05) is 43.7 Å². The van der Waals surface area contributed by atoms with Gasteiger partial charge >= 0.3 is 12.1 Å². The van der Waals surface area contributed by atoms with E-state index in [0.29, 0.717) is 28.9 Å². The Morgan fingerprint density at radius 3 is 2.10 bits per heavy atom. The number of rotatable bonds is 7. The van der Waals surface area contributed by atoms with Crippen LogP contribution in [0.3, 0.4) is 0 Å². The fourth-order valence-electron chi connectivity index (χ4n) is 4.01. The Hall–Kier alpha value is -3.82. The zero-order valence-electron chi connectivity index (χ0n) is 22.3. The van der Waals surface area contributed by atoms with E-state index in [2.05, 4.69) is 36.2 Å². The van der Waals surface area contributed by atoms with Gasteiger partial charge in [0, 0.05) is 19.6 Å². The SMILES string of the molecule is CC(C)c1ccc(C[NH-])cc1.O=C(O)[C@H]1CN(C(=O)Cn2cnnc2)CCN1S(=O)(=O)c1ccc(C(F)(F)F)cc1. The lowest BCUT2D eigenvalue weighted by Gasteiger charge is -2.38. The molecule has 15 heteroatoms. The van der Waals surface area contributed by atoms with E-state index in [4.69, 9.17) is 5.73 Å². The number of alkyl halides is 3. The fraction of sp³-hybridized carbons (Fsp3) is 0.385. The van der Waals surface area contributed by atoms with Crippen molar-refractivity contribution in [1.29, 1.82) is 0 Å². The highest BCUT2D eigenvalue weighted by atomic mass is 32.2. The molecule has 0 radical (unpaired) electrons. The highest BCUT2D eigenvalue weighted by Crippen LogP contribution is 2.31. The topological polar surface area (TPSA) is 150 Å². The predicted octanol–water partition coefficient (Wildman–Crippen LogP) is 3.65. The number of benzene rings is 2. The largest absolute Gasteiger partial charge is 0.674 e. The molecule has 0 saturated carbocycles. The number of carboxylic acid groups (broad SMARTS) is 1. The molecule has 1 aliphatic heterocycles. The molecule has 2 heterocycles. The lowest BCUT2D eigenvalue weighted by atomic mass is 10.0. The van der Waals surface area contributed by atoms with E-state index in [9.17, 15) is 36.3 Å². The lowest BCUT2D eigenvalue weighted by Crippen LogP contribution is -2.59. The molecule has 3 aromatic rings. The molecular weight excluding hydrogens is 565 g/mol. The van der Waals surface area contributed by atoms with Gasteiger partial charge in [0.25, 0.3) is 0 Å². The van der Waals surface area contributed by atoms with Crippen molar-refractivity contribution in [3.8, 4) is 0 Å². The molecule has 1 aliphatic rings. The van der Waals surface area contributed by atoms with Crippen LogP contribution >= 0.6 is 0 Å². The smallest absolute Gasteiger partial charge is 0.416 e. The first-order valence-corrected chi connectivity index (χ1v) is 13.9. The Morgan fingerprint density at radius 1 is 1.02 bits per heavy atom. The molecule has 0 spiro atoms. The molecule has 11 nitrogen and oxygen atoms in total. The Labute approximate surface area is 235 Å². The molecule has 1 saturated heterocycles. The summed E-state index contributed by atoms with van der Waals surface area (Å²) in [7, 11) is -4.40. The minimum absolute atomic E-state index is 0.0788. The zero-order valence-corrected chi connectivity index (χ0v) is 23.1. The van der Waals surface area contributed by atoms with Crippen LogP contribution in [0.5, 0.6) is 0 Å². The molecule has 1 fully saturated rings. The number of amides is 1. The predicted molar refractivity (Wildman–Crippen MR) is 142 cm³/mol. The van der Waals surface area contributed by atoms with Crippen molar-refractivity contribution in [2.45, 2.75) is 50.0 Å². The third kappa shape index (κ3) is 8.11. The minimum Gasteiger partial charge on any atom is -0.674 e. The maximum Gasteiger partial charge on any atom is 0.416 e. The van der Waals surface area contributed by atoms with Gasteiger partial charge < -0.3 is 20.3 Å². The van der Waals surface area contributed by atoms with Crippen LogP contribution in [-0.2, 0) is 38.9 Å². The van der Waals surface area contributed by atoms with E-state index < -0.39 is 51.1 Å². The van der Waals surface area contributed by atoms with Crippen molar-refractivity contribution >= 4 is 21.9 Å². The summed E-state index contributed by atoms with van der Waals surface area (Å²) in [4.78, 5) is 24.8. The van der Waals surface area contributed by atoms with Gasteiger partial charge in [-0.3, -0.25) is 9.59 Å². The number of sulfonamides is 1. The molecule has 0 bridgehead atoms. The third-order valence-corrected chi connectivity index (χ3v) is 8.31. The average Bonchev–Trinajstić information content (AvgIpc) is 3.45. The van der Waals surface area contributed by atoms with Crippen LogP contribution in [0.2, 0.25) is 0 Å².